The Kier molecular flexibility index (Phi) is 5.52. The Morgan fingerprint density at radius 3 is 1.79 bits per heavy atom. The molecule has 0 atom stereocenters. The van der Waals surface area contributed by atoms with E-state index in [1.807, 2.05) is 30.3 Å². The summed E-state index contributed by atoms with van der Waals surface area (Å²) in [5.74, 6) is 0. The van der Waals surface area contributed by atoms with Crippen LogP contribution >= 0.6 is 11.6 Å². The summed E-state index contributed by atoms with van der Waals surface area (Å²) < 4.78 is 0. The first kappa shape index (κ1) is 16.6. The van der Waals surface area contributed by atoms with Gasteiger partial charge < -0.3 is 5.73 Å². The van der Waals surface area contributed by atoms with Crippen molar-refractivity contribution < 1.29 is 0 Å². The Balaban J connectivity index is 1.82. The summed E-state index contributed by atoms with van der Waals surface area (Å²) in [6.07, 6.45) is 0. The summed E-state index contributed by atoms with van der Waals surface area (Å²) >= 11 is 6.36. The van der Waals surface area contributed by atoms with Crippen LogP contribution in [0.4, 0.5) is 5.69 Å². The number of hydrogen-bond acceptors (Lipinski definition) is 2. The van der Waals surface area contributed by atoms with Crippen LogP contribution in [-0.2, 0) is 19.6 Å². The van der Waals surface area contributed by atoms with Crippen LogP contribution in [0.25, 0.3) is 0 Å². The topological polar surface area (TPSA) is 29.3 Å². The number of rotatable bonds is 6. The minimum atomic E-state index is 0.744. The van der Waals surface area contributed by atoms with Crippen molar-refractivity contribution in [2.24, 2.45) is 0 Å². The molecule has 0 unspecified atom stereocenters. The molecule has 0 radical (unpaired) electrons. The Morgan fingerprint density at radius 1 is 0.708 bits per heavy atom. The van der Waals surface area contributed by atoms with Crippen LogP contribution in [0.2, 0.25) is 5.02 Å². The fourth-order valence-electron chi connectivity index (χ4n) is 2.81. The summed E-state index contributed by atoms with van der Waals surface area (Å²) in [6, 6.07) is 26.7. The van der Waals surface area contributed by atoms with Gasteiger partial charge in [0.05, 0.1) is 0 Å². The number of halogens is 1. The maximum atomic E-state index is 6.36. The summed E-state index contributed by atoms with van der Waals surface area (Å²) in [6.45, 7) is 2.48. The van der Waals surface area contributed by atoms with E-state index in [1.54, 1.807) is 0 Å². The summed E-state index contributed by atoms with van der Waals surface area (Å²) in [5.41, 5.74) is 10.3. The van der Waals surface area contributed by atoms with Crippen molar-refractivity contribution in [1.82, 2.24) is 4.90 Å². The average Bonchev–Trinajstić information content (AvgIpc) is 2.60. The van der Waals surface area contributed by atoms with Gasteiger partial charge in [0.15, 0.2) is 0 Å². The molecular weight excluding hydrogens is 316 g/mol. The van der Waals surface area contributed by atoms with Crippen LogP contribution in [0, 0.1) is 0 Å². The Labute approximate surface area is 148 Å². The number of benzene rings is 3. The minimum Gasteiger partial charge on any atom is -0.399 e. The minimum absolute atomic E-state index is 0.744. The smallest absolute Gasteiger partial charge is 0.0452 e. The van der Waals surface area contributed by atoms with E-state index in [1.165, 1.54) is 11.1 Å². The number of anilines is 1. The van der Waals surface area contributed by atoms with E-state index in [-0.39, 0.29) is 0 Å². The molecule has 0 fully saturated rings. The molecule has 0 heterocycles. The van der Waals surface area contributed by atoms with Gasteiger partial charge in [-0.25, -0.2) is 0 Å². The highest BCUT2D eigenvalue weighted by molar-refractivity contribution is 6.31. The molecular formula is C21H21ClN2. The number of nitrogens with two attached hydrogens (primary N) is 1. The molecule has 3 aromatic rings. The first-order valence-electron chi connectivity index (χ1n) is 8.05. The lowest BCUT2D eigenvalue weighted by Crippen LogP contribution is -2.22. The van der Waals surface area contributed by atoms with Crippen LogP contribution in [-0.4, -0.2) is 4.90 Å². The highest BCUT2D eigenvalue weighted by atomic mass is 35.5. The quantitative estimate of drug-likeness (QED) is 0.633. The van der Waals surface area contributed by atoms with E-state index in [4.69, 9.17) is 17.3 Å². The van der Waals surface area contributed by atoms with Crippen molar-refractivity contribution in [2.75, 3.05) is 5.73 Å². The molecule has 0 aliphatic rings. The van der Waals surface area contributed by atoms with Gasteiger partial charge in [-0.2, -0.15) is 0 Å². The molecule has 0 saturated carbocycles. The maximum Gasteiger partial charge on any atom is 0.0452 e. The normalized spacial score (nSPS) is 10.9. The van der Waals surface area contributed by atoms with Crippen molar-refractivity contribution in [3.05, 3.63) is 101 Å². The molecule has 3 rings (SSSR count). The van der Waals surface area contributed by atoms with Crippen LogP contribution in [0.1, 0.15) is 16.7 Å². The third-order valence-corrected chi connectivity index (χ3v) is 4.33. The predicted octanol–water partition coefficient (Wildman–Crippen LogP) is 5.12. The van der Waals surface area contributed by atoms with Gasteiger partial charge in [0.25, 0.3) is 0 Å². The SMILES string of the molecule is Nc1ccc(Cl)c(CN(Cc2ccccc2)Cc2ccccc2)c1. The second kappa shape index (κ2) is 8.00. The van der Waals surface area contributed by atoms with Gasteiger partial charge in [-0.3, -0.25) is 4.90 Å². The first-order valence-corrected chi connectivity index (χ1v) is 8.42. The van der Waals surface area contributed by atoms with Crippen LogP contribution in [0.15, 0.2) is 78.9 Å². The van der Waals surface area contributed by atoms with Crippen molar-refractivity contribution in [1.29, 1.82) is 0 Å². The van der Waals surface area contributed by atoms with Crippen LogP contribution in [0.3, 0.4) is 0 Å². The van der Waals surface area contributed by atoms with E-state index in [2.05, 4.69) is 53.4 Å². The molecule has 2 nitrogen and oxygen atoms in total. The Bertz CT molecular complexity index is 731. The van der Waals surface area contributed by atoms with Crippen molar-refractivity contribution in [2.45, 2.75) is 19.6 Å². The zero-order valence-electron chi connectivity index (χ0n) is 13.5. The standard InChI is InChI=1S/C21H21ClN2/c22-21-12-11-20(23)13-19(21)16-24(14-17-7-3-1-4-8-17)15-18-9-5-2-6-10-18/h1-13H,14-16,23H2. The monoisotopic (exact) mass is 336 g/mol. The lowest BCUT2D eigenvalue weighted by atomic mass is 10.1. The molecule has 0 amide bonds. The molecule has 0 aliphatic heterocycles. The third-order valence-electron chi connectivity index (χ3n) is 3.96. The van der Waals surface area contributed by atoms with Crippen LogP contribution in [0.5, 0.6) is 0 Å². The van der Waals surface area contributed by atoms with Crippen LogP contribution < -0.4 is 5.73 Å². The molecule has 24 heavy (non-hydrogen) atoms. The second-order valence-electron chi connectivity index (χ2n) is 5.97. The van der Waals surface area contributed by atoms with E-state index < -0.39 is 0 Å². The fourth-order valence-corrected chi connectivity index (χ4v) is 2.98. The second-order valence-corrected chi connectivity index (χ2v) is 6.37. The fraction of sp³-hybridized carbons (Fsp3) is 0.143. The molecule has 0 bridgehead atoms. The number of nitrogens with zero attached hydrogens (tertiary/aromatic N) is 1. The molecule has 2 N–H and O–H groups in total. The zero-order chi connectivity index (χ0) is 16.8. The Hall–Kier alpha value is -2.29. The molecule has 0 aromatic heterocycles. The molecule has 3 heteroatoms. The lowest BCUT2D eigenvalue weighted by molar-refractivity contribution is 0.248. The maximum absolute atomic E-state index is 6.36. The highest BCUT2D eigenvalue weighted by Crippen LogP contribution is 2.22. The molecule has 0 aliphatic carbocycles. The van der Waals surface area contributed by atoms with Crippen molar-refractivity contribution >= 4 is 17.3 Å². The Morgan fingerprint density at radius 2 is 1.25 bits per heavy atom. The van der Waals surface area contributed by atoms with Gasteiger partial charge >= 0.3 is 0 Å². The van der Waals surface area contributed by atoms with Gasteiger partial charge in [0.1, 0.15) is 0 Å². The van der Waals surface area contributed by atoms with E-state index >= 15 is 0 Å². The van der Waals surface area contributed by atoms with E-state index in [0.717, 1.165) is 35.9 Å². The predicted molar refractivity (Wildman–Crippen MR) is 102 cm³/mol. The van der Waals surface area contributed by atoms with Gasteiger partial charge in [-0.15, -0.1) is 0 Å². The van der Waals surface area contributed by atoms with Gasteiger partial charge in [-0.05, 0) is 34.9 Å². The molecule has 0 spiro atoms. The number of hydrogen-bond donors (Lipinski definition) is 1. The molecule has 3 aromatic carbocycles. The zero-order valence-corrected chi connectivity index (χ0v) is 14.3. The lowest BCUT2D eigenvalue weighted by Gasteiger charge is -2.23. The number of nitrogen functional groups attached to an aromatic ring is 1. The van der Waals surface area contributed by atoms with Gasteiger partial charge in [-0.1, -0.05) is 72.3 Å². The summed E-state index contributed by atoms with van der Waals surface area (Å²) in [7, 11) is 0. The van der Waals surface area contributed by atoms with Crippen molar-refractivity contribution in [3.63, 3.8) is 0 Å². The van der Waals surface area contributed by atoms with E-state index in [0.29, 0.717) is 0 Å². The first-order chi connectivity index (χ1) is 11.7. The summed E-state index contributed by atoms with van der Waals surface area (Å²) in [5, 5.41) is 0.760. The molecule has 122 valence electrons. The third kappa shape index (κ3) is 4.60. The highest BCUT2D eigenvalue weighted by Gasteiger charge is 2.11. The largest absolute Gasteiger partial charge is 0.399 e. The van der Waals surface area contributed by atoms with Crippen molar-refractivity contribution in [3.8, 4) is 0 Å². The summed E-state index contributed by atoms with van der Waals surface area (Å²) in [4.78, 5) is 2.38. The van der Waals surface area contributed by atoms with Gasteiger partial charge in [0.2, 0.25) is 0 Å². The van der Waals surface area contributed by atoms with Gasteiger partial charge in [0, 0.05) is 30.3 Å². The average molecular weight is 337 g/mol. The van der Waals surface area contributed by atoms with E-state index in [9.17, 15) is 0 Å². The molecule has 0 saturated heterocycles.